The molecule has 0 N–H and O–H groups in total. The van der Waals surface area contributed by atoms with E-state index in [-0.39, 0.29) is 31.0 Å². The van der Waals surface area contributed by atoms with Crippen molar-refractivity contribution >= 4 is 57.5 Å². The van der Waals surface area contributed by atoms with Gasteiger partial charge in [0.05, 0.1) is 39.5 Å². The van der Waals surface area contributed by atoms with Crippen LogP contribution in [-0.4, -0.2) is 73.5 Å². The second-order valence-electron chi connectivity index (χ2n) is 8.75. The summed E-state index contributed by atoms with van der Waals surface area (Å²) >= 11 is 1.37. The van der Waals surface area contributed by atoms with Gasteiger partial charge in [-0.1, -0.05) is 23.5 Å². The lowest BCUT2D eigenvalue weighted by Gasteiger charge is -2.24. The lowest BCUT2D eigenvalue weighted by atomic mass is 10.1. The minimum Gasteiger partial charge on any atom is -0.465 e. The number of nitrogens with zero attached hydrogens (tertiary/aromatic N) is 2. The molecular weight excluding hydrogens is 484 g/mol. The Morgan fingerprint density at radius 1 is 0.559 bits per heavy atom. The van der Waals surface area contributed by atoms with Gasteiger partial charge in [0.1, 0.15) is 31.0 Å². The SMILES string of the molecule is COC(=O)/C1=C(\C(=O)OC)C(=NC(C)(C)C)S/C(C(=O)OC)=C(/C(=O)OC)C(=NC(C)(C)C)S1. The third kappa shape index (κ3) is 7.73. The van der Waals surface area contributed by atoms with E-state index in [9.17, 15) is 19.2 Å². The molecule has 188 valence electrons. The molecule has 0 aromatic heterocycles. The van der Waals surface area contributed by atoms with Crippen molar-refractivity contribution in [2.75, 3.05) is 28.4 Å². The van der Waals surface area contributed by atoms with Gasteiger partial charge >= 0.3 is 23.9 Å². The van der Waals surface area contributed by atoms with Gasteiger partial charge in [0.15, 0.2) is 0 Å². The van der Waals surface area contributed by atoms with E-state index in [1.807, 2.05) is 0 Å². The first-order chi connectivity index (χ1) is 15.6. The minimum atomic E-state index is -0.885. The van der Waals surface area contributed by atoms with Crippen LogP contribution >= 0.6 is 23.5 Å². The zero-order valence-electron chi connectivity index (χ0n) is 21.0. The van der Waals surface area contributed by atoms with Gasteiger partial charge in [-0.25, -0.2) is 19.2 Å². The zero-order valence-corrected chi connectivity index (χ0v) is 22.6. The minimum absolute atomic E-state index is 0.0381. The van der Waals surface area contributed by atoms with Gasteiger partial charge in [0, 0.05) is 0 Å². The standard InChI is InChI=1S/C22H30N2O8S2/c1-21(2,3)23-15-11(17(25)29-7)13(19(27)31-9)34-16(24-22(4,5)6)12(18(26)30-8)14(33-15)20(28)32-10/h1-10H3/b13-11+,14-12+,23-15?,24-16?. The number of aliphatic imine (C=N–C) groups is 2. The summed E-state index contributed by atoms with van der Waals surface area (Å²) in [6.45, 7) is 10.6. The zero-order chi connectivity index (χ0) is 26.4. The van der Waals surface area contributed by atoms with Crippen molar-refractivity contribution in [3.63, 3.8) is 0 Å². The highest BCUT2D eigenvalue weighted by Gasteiger charge is 2.39. The molecule has 1 rings (SSSR count). The topological polar surface area (TPSA) is 130 Å². The van der Waals surface area contributed by atoms with Crippen LogP contribution in [0.1, 0.15) is 41.5 Å². The van der Waals surface area contributed by atoms with Crippen LogP contribution in [0.15, 0.2) is 30.9 Å². The van der Waals surface area contributed by atoms with E-state index in [4.69, 9.17) is 18.9 Å². The van der Waals surface area contributed by atoms with E-state index >= 15 is 0 Å². The normalized spacial score (nSPS) is 22.1. The Morgan fingerprint density at radius 2 is 0.824 bits per heavy atom. The molecule has 34 heavy (non-hydrogen) atoms. The van der Waals surface area contributed by atoms with Crippen molar-refractivity contribution in [1.29, 1.82) is 0 Å². The van der Waals surface area contributed by atoms with Crippen LogP contribution < -0.4 is 0 Å². The fraction of sp³-hybridized carbons (Fsp3) is 0.545. The fourth-order valence-electron chi connectivity index (χ4n) is 2.40. The van der Waals surface area contributed by atoms with Gasteiger partial charge in [-0.15, -0.1) is 0 Å². The predicted molar refractivity (Wildman–Crippen MR) is 132 cm³/mol. The van der Waals surface area contributed by atoms with Crippen LogP contribution in [0.5, 0.6) is 0 Å². The van der Waals surface area contributed by atoms with Crippen molar-refractivity contribution in [2.24, 2.45) is 9.98 Å². The fourth-order valence-corrected chi connectivity index (χ4v) is 5.02. The number of esters is 4. The molecular formula is C22H30N2O8S2. The number of rotatable bonds is 4. The van der Waals surface area contributed by atoms with Crippen LogP contribution in [0.3, 0.4) is 0 Å². The monoisotopic (exact) mass is 514 g/mol. The molecule has 0 saturated carbocycles. The summed E-state index contributed by atoms with van der Waals surface area (Å²) in [6.07, 6.45) is 0. The maximum Gasteiger partial charge on any atom is 0.345 e. The molecule has 1 heterocycles. The second-order valence-corrected chi connectivity index (χ2v) is 10.8. The van der Waals surface area contributed by atoms with Crippen LogP contribution in [-0.2, 0) is 38.1 Å². The number of hydrogen-bond acceptors (Lipinski definition) is 12. The predicted octanol–water partition coefficient (Wildman–Crippen LogP) is 3.06. The summed E-state index contributed by atoms with van der Waals surface area (Å²) in [6, 6.07) is 0. The van der Waals surface area contributed by atoms with Crippen molar-refractivity contribution in [2.45, 2.75) is 52.6 Å². The second kappa shape index (κ2) is 11.7. The van der Waals surface area contributed by atoms with Gasteiger partial charge in [-0.3, -0.25) is 9.98 Å². The highest BCUT2D eigenvalue weighted by Crippen LogP contribution is 2.40. The molecule has 0 unspecified atom stereocenters. The highest BCUT2D eigenvalue weighted by molar-refractivity contribution is 8.21. The molecule has 0 bridgehead atoms. The largest absolute Gasteiger partial charge is 0.465 e. The molecule has 0 spiro atoms. The first kappa shape index (κ1) is 29.4. The summed E-state index contributed by atoms with van der Waals surface area (Å²) in [4.78, 5) is 60.2. The average Bonchev–Trinajstić information content (AvgIpc) is 2.72. The number of hydrogen-bond donors (Lipinski definition) is 0. The molecule has 0 radical (unpaired) electrons. The highest BCUT2D eigenvalue weighted by atomic mass is 32.2. The molecule has 0 fully saturated rings. The lowest BCUT2D eigenvalue weighted by molar-refractivity contribution is -0.138. The van der Waals surface area contributed by atoms with E-state index in [1.54, 1.807) is 41.5 Å². The molecule has 0 aliphatic carbocycles. The molecule has 0 atom stereocenters. The molecule has 0 saturated heterocycles. The maximum absolute atomic E-state index is 12.9. The number of carbonyl (C=O) groups excluding carboxylic acids is 4. The lowest BCUT2D eigenvalue weighted by Crippen LogP contribution is -2.28. The van der Waals surface area contributed by atoms with Crippen molar-refractivity contribution in [1.82, 2.24) is 0 Å². The molecule has 12 heteroatoms. The summed E-state index contributed by atoms with van der Waals surface area (Å²) in [7, 11) is 4.59. The Kier molecular flexibility index (Phi) is 10.1. The summed E-state index contributed by atoms with van der Waals surface area (Å²) in [5.41, 5.74) is -1.96. The quantitative estimate of drug-likeness (QED) is 0.407. The number of thioether (sulfide) groups is 2. The van der Waals surface area contributed by atoms with E-state index in [0.717, 1.165) is 28.4 Å². The van der Waals surface area contributed by atoms with E-state index < -0.39 is 35.0 Å². The average molecular weight is 515 g/mol. The molecule has 10 nitrogen and oxygen atoms in total. The first-order valence-corrected chi connectivity index (χ1v) is 11.6. The number of methoxy groups -OCH3 is 4. The number of carbonyl (C=O) groups is 4. The Morgan fingerprint density at radius 3 is 1.03 bits per heavy atom. The number of ether oxygens (including phenoxy) is 4. The third-order valence-electron chi connectivity index (χ3n) is 3.67. The Balaban J connectivity index is 4.31. The van der Waals surface area contributed by atoms with Crippen molar-refractivity contribution in [3.05, 3.63) is 21.0 Å². The molecule has 1 aliphatic rings. The van der Waals surface area contributed by atoms with Crippen molar-refractivity contribution < 1.29 is 38.1 Å². The van der Waals surface area contributed by atoms with Gasteiger partial charge in [-0.2, -0.15) is 0 Å². The first-order valence-electron chi connectivity index (χ1n) is 9.98. The van der Waals surface area contributed by atoms with Crippen molar-refractivity contribution in [3.8, 4) is 0 Å². The Hall–Kier alpha value is -2.60. The van der Waals surface area contributed by atoms with Gasteiger partial charge < -0.3 is 18.9 Å². The summed E-state index contributed by atoms with van der Waals surface area (Å²) in [5, 5.41) is -0.0762. The van der Waals surface area contributed by atoms with E-state index in [0.29, 0.717) is 23.5 Å². The van der Waals surface area contributed by atoms with Crippen LogP contribution in [0, 0.1) is 0 Å². The maximum atomic E-state index is 12.9. The molecule has 0 aromatic rings. The molecule has 0 amide bonds. The van der Waals surface area contributed by atoms with Gasteiger partial charge in [0.25, 0.3) is 0 Å². The van der Waals surface area contributed by atoms with Crippen LogP contribution in [0.4, 0.5) is 0 Å². The van der Waals surface area contributed by atoms with Crippen LogP contribution in [0.25, 0.3) is 0 Å². The van der Waals surface area contributed by atoms with Gasteiger partial charge in [0.2, 0.25) is 0 Å². The summed E-state index contributed by atoms with van der Waals surface area (Å²) < 4.78 is 19.7. The van der Waals surface area contributed by atoms with E-state index in [2.05, 4.69) is 9.98 Å². The molecule has 1 aliphatic heterocycles. The van der Waals surface area contributed by atoms with E-state index in [1.165, 1.54) is 0 Å². The van der Waals surface area contributed by atoms with Gasteiger partial charge in [-0.05, 0) is 41.5 Å². The van der Waals surface area contributed by atoms with Crippen LogP contribution in [0.2, 0.25) is 0 Å². The Bertz CT molecular complexity index is 915. The smallest absolute Gasteiger partial charge is 0.345 e. The third-order valence-corrected chi connectivity index (χ3v) is 5.80. The molecule has 0 aromatic carbocycles. The Labute approximate surface area is 207 Å². The summed E-state index contributed by atoms with van der Waals surface area (Å²) in [5.74, 6) is -3.52.